The average molecular weight is 269 g/mol. The molecule has 17 heavy (non-hydrogen) atoms. The van der Waals surface area contributed by atoms with Crippen molar-refractivity contribution in [3.8, 4) is 5.88 Å². The van der Waals surface area contributed by atoms with Crippen molar-refractivity contribution in [1.29, 1.82) is 0 Å². The molecule has 2 rings (SSSR count). The quantitative estimate of drug-likeness (QED) is 0.869. The van der Waals surface area contributed by atoms with Gasteiger partial charge in [-0.05, 0) is 12.1 Å². The fraction of sp³-hybridized carbons (Fsp3) is 0.0909. The van der Waals surface area contributed by atoms with Crippen LogP contribution in [0.15, 0.2) is 24.4 Å². The highest BCUT2D eigenvalue weighted by Crippen LogP contribution is 2.30. The normalized spacial score (nSPS) is 10.2. The van der Waals surface area contributed by atoms with Gasteiger partial charge in [-0.25, -0.2) is 4.98 Å². The number of carbonyl (C=O) groups excluding carboxylic acids is 1. The minimum absolute atomic E-state index is 0.194. The Kier molecular flexibility index (Phi) is 3.31. The molecule has 0 aliphatic heterocycles. The van der Waals surface area contributed by atoms with Crippen molar-refractivity contribution in [2.75, 3.05) is 12.8 Å². The van der Waals surface area contributed by atoms with Crippen LogP contribution in [-0.4, -0.2) is 17.9 Å². The SMILES string of the molecule is COc1ccc(C(=O)c2cc(Cl)sc2N)cn1. The number of halogens is 1. The Hall–Kier alpha value is -1.59. The lowest BCUT2D eigenvalue weighted by Gasteiger charge is -2.01. The molecule has 0 fully saturated rings. The third-order valence-corrected chi connectivity index (χ3v) is 3.28. The van der Waals surface area contributed by atoms with Crippen LogP contribution < -0.4 is 10.5 Å². The van der Waals surface area contributed by atoms with Gasteiger partial charge in [0.25, 0.3) is 0 Å². The van der Waals surface area contributed by atoms with E-state index in [1.807, 2.05) is 0 Å². The first-order chi connectivity index (χ1) is 8.11. The van der Waals surface area contributed by atoms with E-state index in [0.29, 0.717) is 26.3 Å². The van der Waals surface area contributed by atoms with Gasteiger partial charge < -0.3 is 10.5 Å². The summed E-state index contributed by atoms with van der Waals surface area (Å²) in [6, 6.07) is 4.82. The molecule has 0 radical (unpaired) electrons. The second kappa shape index (κ2) is 4.73. The lowest BCUT2D eigenvalue weighted by atomic mass is 10.1. The van der Waals surface area contributed by atoms with Crippen molar-refractivity contribution in [1.82, 2.24) is 4.98 Å². The smallest absolute Gasteiger partial charge is 0.212 e. The van der Waals surface area contributed by atoms with Gasteiger partial charge in [0, 0.05) is 17.8 Å². The van der Waals surface area contributed by atoms with E-state index < -0.39 is 0 Å². The predicted molar refractivity (Wildman–Crippen MR) is 68.0 cm³/mol. The highest BCUT2D eigenvalue weighted by atomic mass is 35.5. The van der Waals surface area contributed by atoms with Crippen LogP contribution >= 0.6 is 22.9 Å². The summed E-state index contributed by atoms with van der Waals surface area (Å²) in [5.74, 6) is 0.263. The Morgan fingerprint density at radius 1 is 1.53 bits per heavy atom. The van der Waals surface area contributed by atoms with Gasteiger partial charge in [0.1, 0.15) is 0 Å². The molecule has 4 nitrogen and oxygen atoms in total. The zero-order chi connectivity index (χ0) is 12.4. The molecular weight excluding hydrogens is 260 g/mol. The first-order valence-electron chi connectivity index (χ1n) is 4.71. The fourth-order valence-electron chi connectivity index (χ4n) is 1.34. The van der Waals surface area contributed by atoms with E-state index in [1.54, 1.807) is 18.2 Å². The lowest BCUT2D eigenvalue weighted by molar-refractivity contribution is 0.103. The van der Waals surface area contributed by atoms with Crippen LogP contribution in [-0.2, 0) is 0 Å². The number of anilines is 1. The van der Waals surface area contributed by atoms with Crippen LogP contribution in [0, 0.1) is 0 Å². The van der Waals surface area contributed by atoms with Gasteiger partial charge in [-0.1, -0.05) is 11.6 Å². The van der Waals surface area contributed by atoms with Gasteiger partial charge in [-0.15, -0.1) is 11.3 Å². The number of methoxy groups -OCH3 is 1. The highest BCUT2D eigenvalue weighted by Gasteiger charge is 2.15. The Balaban J connectivity index is 2.33. The number of hydrogen-bond acceptors (Lipinski definition) is 5. The number of nitrogens with two attached hydrogens (primary N) is 1. The molecule has 2 heterocycles. The molecule has 0 bridgehead atoms. The average Bonchev–Trinajstić information content (AvgIpc) is 2.68. The van der Waals surface area contributed by atoms with Crippen LogP contribution in [0.25, 0.3) is 0 Å². The number of ketones is 1. The van der Waals surface area contributed by atoms with Crippen molar-refractivity contribution in [2.45, 2.75) is 0 Å². The van der Waals surface area contributed by atoms with E-state index in [4.69, 9.17) is 22.1 Å². The number of pyridine rings is 1. The maximum Gasteiger partial charge on any atom is 0.212 e. The Morgan fingerprint density at radius 3 is 2.76 bits per heavy atom. The van der Waals surface area contributed by atoms with Crippen molar-refractivity contribution in [3.05, 3.63) is 39.9 Å². The van der Waals surface area contributed by atoms with Crippen molar-refractivity contribution >= 4 is 33.7 Å². The third-order valence-electron chi connectivity index (χ3n) is 2.18. The summed E-state index contributed by atoms with van der Waals surface area (Å²) in [7, 11) is 1.51. The number of nitrogens with zero attached hydrogens (tertiary/aromatic N) is 1. The molecule has 0 unspecified atom stereocenters. The molecule has 0 aliphatic carbocycles. The molecular formula is C11H9ClN2O2S. The minimum Gasteiger partial charge on any atom is -0.481 e. The number of aromatic nitrogens is 1. The van der Waals surface area contributed by atoms with Crippen LogP contribution in [0.5, 0.6) is 5.88 Å². The van der Waals surface area contributed by atoms with E-state index in [9.17, 15) is 4.79 Å². The van der Waals surface area contributed by atoms with Gasteiger partial charge in [-0.2, -0.15) is 0 Å². The second-order valence-electron chi connectivity index (χ2n) is 3.25. The van der Waals surface area contributed by atoms with E-state index in [2.05, 4.69) is 4.98 Å². The molecule has 0 saturated heterocycles. The number of hydrogen-bond donors (Lipinski definition) is 1. The zero-order valence-corrected chi connectivity index (χ0v) is 10.5. The summed E-state index contributed by atoms with van der Waals surface area (Å²) in [4.78, 5) is 16.0. The molecule has 0 amide bonds. The zero-order valence-electron chi connectivity index (χ0n) is 8.94. The maximum atomic E-state index is 12.1. The second-order valence-corrected chi connectivity index (χ2v) is 4.96. The summed E-state index contributed by atoms with van der Waals surface area (Å²) in [5, 5.41) is 0.413. The minimum atomic E-state index is -0.194. The number of carbonyl (C=O) groups is 1. The number of thiophene rings is 1. The van der Waals surface area contributed by atoms with Gasteiger partial charge >= 0.3 is 0 Å². The van der Waals surface area contributed by atoms with Crippen molar-refractivity contribution < 1.29 is 9.53 Å². The molecule has 6 heteroatoms. The predicted octanol–water partition coefficient (Wildman–Crippen LogP) is 2.62. The van der Waals surface area contributed by atoms with E-state index in [-0.39, 0.29) is 5.78 Å². The summed E-state index contributed by atoms with van der Waals surface area (Å²) in [6.45, 7) is 0. The van der Waals surface area contributed by atoms with Gasteiger partial charge in [0.05, 0.1) is 22.0 Å². The third kappa shape index (κ3) is 2.40. The lowest BCUT2D eigenvalue weighted by Crippen LogP contribution is -2.03. The number of nitrogen functional groups attached to an aromatic ring is 1. The maximum absolute atomic E-state index is 12.1. The highest BCUT2D eigenvalue weighted by molar-refractivity contribution is 7.20. The van der Waals surface area contributed by atoms with E-state index in [0.717, 1.165) is 0 Å². The van der Waals surface area contributed by atoms with Crippen LogP contribution in [0.4, 0.5) is 5.00 Å². The molecule has 0 spiro atoms. The molecule has 2 aromatic rings. The van der Waals surface area contributed by atoms with Crippen molar-refractivity contribution in [2.24, 2.45) is 0 Å². The topological polar surface area (TPSA) is 65.2 Å². The monoisotopic (exact) mass is 268 g/mol. The van der Waals surface area contributed by atoms with E-state index in [1.165, 1.54) is 24.6 Å². The number of rotatable bonds is 3. The molecule has 0 atom stereocenters. The summed E-state index contributed by atoms with van der Waals surface area (Å²) in [6.07, 6.45) is 1.45. The fourth-order valence-corrected chi connectivity index (χ4v) is 2.35. The Labute approximate surface area is 107 Å². The van der Waals surface area contributed by atoms with Crippen LogP contribution in [0.3, 0.4) is 0 Å². The molecule has 0 saturated carbocycles. The molecule has 2 N–H and O–H groups in total. The van der Waals surface area contributed by atoms with Gasteiger partial charge in [0.15, 0.2) is 5.78 Å². The Bertz CT molecular complexity index is 551. The van der Waals surface area contributed by atoms with Crippen LogP contribution in [0.1, 0.15) is 15.9 Å². The first kappa shape index (κ1) is 11.9. The molecule has 88 valence electrons. The van der Waals surface area contributed by atoms with Gasteiger partial charge in [0.2, 0.25) is 5.88 Å². The summed E-state index contributed by atoms with van der Waals surface area (Å²) in [5.41, 5.74) is 6.56. The van der Waals surface area contributed by atoms with Crippen molar-refractivity contribution in [3.63, 3.8) is 0 Å². The standard InChI is InChI=1S/C11H9ClN2O2S/c1-16-9-3-2-6(5-14-9)10(15)7-4-8(12)17-11(7)13/h2-5H,13H2,1H3. The Morgan fingerprint density at radius 2 is 2.29 bits per heavy atom. The first-order valence-corrected chi connectivity index (χ1v) is 5.91. The molecule has 0 aliphatic rings. The molecule has 2 aromatic heterocycles. The summed E-state index contributed by atoms with van der Waals surface area (Å²) < 4.78 is 5.41. The van der Waals surface area contributed by atoms with Crippen LogP contribution in [0.2, 0.25) is 4.34 Å². The largest absolute Gasteiger partial charge is 0.481 e. The van der Waals surface area contributed by atoms with E-state index >= 15 is 0 Å². The number of ether oxygens (including phenoxy) is 1. The molecule has 0 aromatic carbocycles. The van der Waals surface area contributed by atoms with Gasteiger partial charge in [-0.3, -0.25) is 4.79 Å². The summed E-state index contributed by atoms with van der Waals surface area (Å²) >= 11 is 6.97.